The fourth-order valence-corrected chi connectivity index (χ4v) is 6.88. The largest absolute Gasteiger partial charge is 0.480 e. The molecule has 37 heavy (non-hydrogen) atoms. The Hall–Kier alpha value is -3.43. The molecule has 2 unspecified atom stereocenters. The highest BCUT2D eigenvalue weighted by atomic mass is 32.2. The molecular formula is C22H22N6O6S3. The van der Waals surface area contributed by atoms with Gasteiger partial charge in [0.1, 0.15) is 28.5 Å². The van der Waals surface area contributed by atoms with E-state index in [1.165, 1.54) is 22.0 Å². The fourth-order valence-electron chi connectivity index (χ4n) is 3.56. The van der Waals surface area contributed by atoms with E-state index >= 15 is 0 Å². The molecule has 3 amide bonds. The monoisotopic (exact) mass is 562 g/mol. The Balaban J connectivity index is 1.43. The summed E-state index contributed by atoms with van der Waals surface area (Å²) in [6.45, 7) is 1.91. The number of nitrogens with one attached hydrogen (secondary N) is 2. The first-order valence-electron chi connectivity index (χ1n) is 11.0. The Morgan fingerprint density at radius 2 is 2.30 bits per heavy atom. The Bertz CT molecular complexity index is 1240. The van der Waals surface area contributed by atoms with Gasteiger partial charge < -0.3 is 25.5 Å². The molecule has 0 aromatic carbocycles. The van der Waals surface area contributed by atoms with E-state index in [1.807, 2.05) is 6.07 Å². The smallest absolute Gasteiger partial charge is 0.322 e. The second-order valence-corrected chi connectivity index (χ2v) is 11.0. The van der Waals surface area contributed by atoms with Crippen molar-refractivity contribution < 1.29 is 29.1 Å². The number of fused-ring (bicyclic) bond motifs is 1. The van der Waals surface area contributed by atoms with Crippen molar-refractivity contribution >= 4 is 76.0 Å². The molecule has 0 bridgehead atoms. The number of carboxylic acids is 1. The van der Waals surface area contributed by atoms with Gasteiger partial charge in [0.05, 0.1) is 0 Å². The minimum Gasteiger partial charge on any atom is -0.480 e. The maximum absolute atomic E-state index is 13.0. The molecular weight excluding hydrogens is 540 g/mol. The molecule has 3 atom stereocenters. The van der Waals surface area contributed by atoms with E-state index in [0.29, 0.717) is 6.41 Å². The summed E-state index contributed by atoms with van der Waals surface area (Å²) >= 11 is 3.53. The summed E-state index contributed by atoms with van der Waals surface area (Å²) in [7, 11) is 0. The number of rotatable bonds is 11. The van der Waals surface area contributed by atoms with Crippen molar-refractivity contribution in [2.24, 2.45) is 5.16 Å². The van der Waals surface area contributed by atoms with Gasteiger partial charge in [-0.1, -0.05) is 11.2 Å². The molecule has 3 N–H and O–H groups in total. The van der Waals surface area contributed by atoms with Crippen LogP contribution in [0.1, 0.15) is 18.2 Å². The van der Waals surface area contributed by atoms with Gasteiger partial charge >= 0.3 is 5.97 Å². The molecule has 2 saturated heterocycles. The van der Waals surface area contributed by atoms with Crippen molar-refractivity contribution in [1.82, 2.24) is 20.2 Å². The number of thiazole rings is 1. The lowest BCUT2D eigenvalue weighted by Crippen LogP contribution is -2.74. The van der Waals surface area contributed by atoms with Gasteiger partial charge in [-0.05, 0) is 30.0 Å². The quantitative estimate of drug-likeness (QED) is 0.158. The lowest BCUT2D eigenvalue weighted by molar-refractivity contribution is -0.151. The number of aliphatic carboxylic acids is 1. The van der Waals surface area contributed by atoms with Gasteiger partial charge in [-0.25, -0.2) is 4.98 Å². The summed E-state index contributed by atoms with van der Waals surface area (Å²) in [5.74, 6) is -1.84. The van der Waals surface area contributed by atoms with Gasteiger partial charge in [0.25, 0.3) is 5.91 Å². The number of anilines is 1. The standard InChI is InChI=1S/C22H22N6O6S3/c1-2-34-27-15(14-9-35-21(25-14)24-12-29)17(30)26-16-18(31)28-10-22(20(32)33,11-36-19(16)28)37-7-5-13-4-3-6-23-8-13/h3-9,12,16,19H,2,10-11H2,1H3,(H,26,30)(H,32,33)(H,24,25,29)/t16?,19-,22?/m1/s1. The second kappa shape index (κ2) is 11.7. The first-order chi connectivity index (χ1) is 17.9. The predicted molar refractivity (Wildman–Crippen MR) is 141 cm³/mol. The first kappa shape index (κ1) is 26.6. The topological polar surface area (TPSA) is 163 Å². The molecule has 2 aliphatic heterocycles. The summed E-state index contributed by atoms with van der Waals surface area (Å²) in [4.78, 5) is 63.5. The molecule has 2 aromatic heterocycles. The third-order valence-electron chi connectivity index (χ3n) is 5.40. The Morgan fingerprint density at radius 3 is 3.00 bits per heavy atom. The maximum atomic E-state index is 13.0. The number of oxime groups is 1. The lowest BCUT2D eigenvalue weighted by Gasteiger charge is -2.53. The van der Waals surface area contributed by atoms with Gasteiger partial charge in [0.2, 0.25) is 12.3 Å². The van der Waals surface area contributed by atoms with Crippen molar-refractivity contribution in [2.75, 3.05) is 24.2 Å². The summed E-state index contributed by atoms with van der Waals surface area (Å²) in [6.07, 6.45) is 5.55. The van der Waals surface area contributed by atoms with Crippen molar-refractivity contribution in [3.05, 3.63) is 46.6 Å². The molecule has 0 spiro atoms. The number of pyridine rings is 1. The van der Waals surface area contributed by atoms with Crippen molar-refractivity contribution in [1.29, 1.82) is 0 Å². The van der Waals surface area contributed by atoms with Gasteiger partial charge in [-0.3, -0.25) is 24.2 Å². The summed E-state index contributed by atoms with van der Waals surface area (Å²) in [5, 5.41) is 22.0. The number of carbonyl (C=O) groups is 4. The second-order valence-electron chi connectivity index (χ2n) is 7.78. The molecule has 12 nitrogen and oxygen atoms in total. The fraction of sp³-hybridized carbons (Fsp3) is 0.318. The zero-order valence-corrected chi connectivity index (χ0v) is 21.8. The third-order valence-corrected chi connectivity index (χ3v) is 9.05. The van der Waals surface area contributed by atoms with Crippen LogP contribution in [0.4, 0.5) is 5.13 Å². The van der Waals surface area contributed by atoms with Crippen LogP contribution in [0.25, 0.3) is 6.08 Å². The summed E-state index contributed by atoms with van der Waals surface area (Å²) < 4.78 is -1.23. The number of amides is 3. The Kier molecular flexibility index (Phi) is 8.45. The molecule has 4 rings (SSSR count). The third kappa shape index (κ3) is 5.78. The summed E-state index contributed by atoms with van der Waals surface area (Å²) in [6, 6.07) is 2.79. The van der Waals surface area contributed by atoms with E-state index in [1.54, 1.807) is 36.9 Å². The van der Waals surface area contributed by atoms with Gasteiger partial charge in [0, 0.05) is 30.1 Å². The van der Waals surface area contributed by atoms with E-state index in [0.717, 1.165) is 28.7 Å². The number of β-lactam (4-membered cyclic amide) rings is 1. The average Bonchev–Trinajstić information content (AvgIpc) is 3.36. The zero-order valence-electron chi connectivity index (χ0n) is 19.4. The molecule has 15 heteroatoms. The van der Waals surface area contributed by atoms with Crippen molar-refractivity contribution in [2.45, 2.75) is 23.1 Å². The molecule has 0 aliphatic carbocycles. The van der Waals surface area contributed by atoms with Crippen LogP contribution in [0.15, 0.2) is 40.5 Å². The number of carboxylic acid groups (broad SMARTS) is 1. The SMILES string of the molecule is CCON=C(C(=O)NC1C(=O)N2CC(SC=Cc3cccnc3)(C(=O)O)CS[C@H]12)c1csc(NC=O)n1. The molecule has 194 valence electrons. The van der Waals surface area contributed by atoms with Crippen molar-refractivity contribution in [3.8, 4) is 0 Å². The van der Waals surface area contributed by atoms with Gasteiger partial charge in [-0.2, -0.15) is 0 Å². The molecule has 2 aromatic rings. The minimum absolute atomic E-state index is 0.0000464. The number of hydrogen-bond donors (Lipinski definition) is 3. The maximum Gasteiger partial charge on any atom is 0.322 e. The lowest BCUT2D eigenvalue weighted by atomic mass is 10.0. The van der Waals surface area contributed by atoms with Crippen LogP contribution in [-0.2, 0) is 24.0 Å². The Labute approximate surface area is 223 Å². The number of carbonyl (C=O) groups excluding carboxylic acids is 3. The van der Waals surface area contributed by atoms with E-state index < -0.39 is 28.0 Å². The molecule has 0 saturated carbocycles. The molecule has 0 radical (unpaired) electrons. The van der Waals surface area contributed by atoms with E-state index in [-0.39, 0.29) is 41.3 Å². The average molecular weight is 563 g/mol. The first-order valence-corrected chi connectivity index (χ1v) is 13.8. The van der Waals surface area contributed by atoms with E-state index in [9.17, 15) is 24.3 Å². The number of aromatic nitrogens is 2. The van der Waals surface area contributed by atoms with Crippen LogP contribution in [0, 0.1) is 0 Å². The predicted octanol–water partition coefficient (Wildman–Crippen LogP) is 1.47. The van der Waals surface area contributed by atoms with Crippen LogP contribution in [-0.4, -0.2) is 84.9 Å². The summed E-state index contributed by atoms with van der Waals surface area (Å²) in [5.41, 5.74) is 0.875. The highest BCUT2D eigenvalue weighted by molar-refractivity contribution is 8.06. The minimum atomic E-state index is -1.23. The van der Waals surface area contributed by atoms with Crippen LogP contribution in [0.5, 0.6) is 0 Å². The van der Waals surface area contributed by atoms with Crippen LogP contribution < -0.4 is 10.6 Å². The number of thioether (sulfide) groups is 2. The Morgan fingerprint density at radius 1 is 1.46 bits per heavy atom. The zero-order chi connectivity index (χ0) is 26.4. The normalized spacial score (nSPS) is 23.2. The van der Waals surface area contributed by atoms with Gasteiger partial charge in [-0.15, -0.1) is 34.9 Å². The molecule has 2 aliphatic rings. The van der Waals surface area contributed by atoms with Crippen LogP contribution in [0.2, 0.25) is 0 Å². The van der Waals surface area contributed by atoms with Crippen LogP contribution in [0.3, 0.4) is 0 Å². The van der Waals surface area contributed by atoms with E-state index in [4.69, 9.17) is 4.84 Å². The number of hydrogen-bond acceptors (Lipinski definition) is 11. The van der Waals surface area contributed by atoms with Crippen LogP contribution >= 0.6 is 34.9 Å². The highest BCUT2D eigenvalue weighted by Crippen LogP contribution is 2.44. The number of nitrogens with zero attached hydrogens (tertiary/aromatic N) is 4. The highest BCUT2D eigenvalue weighted by Gasteiger charge is 2.57. The molecule has 2 fully saturated rings. The van der Waals surface area contributed by atoms with Gasteiger partial charge in [0.15, 0.2) is 10.8 Å². The van der Waals surface area contributed by atoms with E-state index in [2.05, 4.69) is 25.8 Å². The van der Waals surface area contributed by atoms with Crippen molar-refractivity contribution in [3.63, 3.8) is 0 Å². The molecule has 4 heterocycles.